The number of hydrogen-bond donors (Lipinski definition) is 1. The molecule has 140 valence electrons. The molecular formula is C19H25N3O4. The van der Waals surface area contributed by atoms with Crippen molar-refractivity contribution in [3.05, 3.63) is 35.9 Å². The maximum atomic E-state index is 11.8. The van der Waals surface area contributed by atoms with Gasteiger partial charge in [0, 0.05) is 19.6 Å². The lowest BCUT2D eigenvalue weighted by molar-refractivity contribution is -0.145. The number of aliphatic imine (C=N–C) groups is 1. The molecular weight excluding hydrogens is 334 g/mol. The monoisotopic (exact) mass is 359 g/mol. The van der Waals surface area contributed by atoms with Crippen LogP contribution in [0.2, 0.25) is 0 Å². The zero-order chi connectivity index (χ0) is 18.4. The van der Waals surface area contributed by atoms with E-state index in [-0.39, 0.29) is 24.6 Å². The smallest absolute Gasteiger partial charge is 0.315 e. The predicted molar refractivity (Wildman–Crippen MR) is 96.5 cm³/mol. The van der Waals surface area contributed by atoms with E-state index >= 15 is 0 Å². The number of esters is 1. The second-order valence-corrected chi connectivity index (χ2v) is 6.72. The first-order valence-corrected chi connectivity index (χ1v) is 9.03. The molecule has 26 heavy (non-hydrogen) atoms. The van der Waals surface area contributed by atoms with Gasteiger partial charge in [0.15, 0.2) is 0 Å². The Morgan fingerprint density at radius 2 is 2.00 bits per heavy atom. The number of nitrogens with one attached hydrogen (secondary N) is 1. The van der Waals surface area contributed by atoms with E-state index in [0.717, 1.165) is 32.5 Å². The number of amidine groups is 1. The minimum absolute atomic E-state index is 0.218. The molecule has 0 atom stereocenters. The van der Waals surface area contributed by atoms with E-state index in [1.807, 2.05) is 6.07 Å². The van der Waals surface area contributed by atoms with Crippen LogP contribution in [0.25, 0.3) is 0 Å². The molecule has 0 aliphatic carbocycles. The fourth-order valence-electron chi connectivity index (χ4n) is 3.28. The van der Waals surface area contributed by atoms with Gasteiger partial charge in [0.05, 0.1) is 6.61 Å². The summed E-state index contributed by atoms with van der Waals surface area (Å²) in [6.07, 6.45) is 1.45. The van der Waals surface area contributed by atoms with Gasteiger partial charge in [-0.25, -0.2) is 4.99 Å². The van der Waals surface area contributed by atoms with Gasteiger partial charge >= 0.3 is 5.97 Å². The lowest BCUT2D eigenvalue weighted by Crippen LogP contribution is -2.43. The van der Waals surface area contributed by atoms with Crippen molar-refractivity contribution in [3.8, 4) is 0 Å². The number of rotatable bonds is 5. The van der Waals surface area contributed by atoms with Crippen LogP contribution in [0, 0.1) is 0 Å². The van der Waals surface area contributed by atoms with Crippen LogP contribution in [0.15, 0.2) is 35.3 Å². The van der Waals surface area contributed by atoms with Crippen LogP contribution in [0.1, 0.15) is 31.7 Å². The molecule has 1 fully saturated rings. The zero-order valence-electron chi connectivity index (χ0n) is 15.1. The van der Waals surface area contributed by atoms with Crippen LogP contribution in [0.4, 0.5) is 0 Å². The Morgan fingerprint density at radius 1 is 1.27 bits per heavy atom. The van der Waals surface area contributed by atoms with E-state index in [1.54, 1.807) is 6.92 Å². The molecule has 0 saturated carbocycles. The van der Waals surface area contributed by atoms with E-state index in [2.05, 4.69) is 39.5 Å². The number of hydrogen-bond acceptors (Lipinski definition) is 6. The molecule has 2 aliphatic rings. The quantitative estimate of drug-likeness (QED) is 0.636. The molecule has 7 heteroatoms. The number of piperidine rings is 1. The summed E-state index contributed by atoms with van der Waals surface area (Å²) in [6, 6.07) is 10.6. The first-order valence-electron chi connectivity index (χ1n) is 9.03. The molecule has 1 amide bonds. The van der Waals surface area contributed by atoms with Gasteiger partial charge in [-0.2, -0.15) is 0 Å². The van der Waals surface area contributed by atoms with Crippen LogP contribution >= 0.6 is 0 Å². The van der Waals surface area contributed by atoms with Crippen LogP contribution in [0.5, 0.6) is 0 Å². The van der Waals surface area contributed by atoms with Crippen LogP contribution in [0.3, 0.4) is 0 Å². The predicted octanol–water partition coefficient (Wildman–Crippen LogP) is 1.48. The molecule has 1 aromatic carbocycles. The van der Waals surface area contributed by atoms with Crippen molar-refractivity contribution in [2.75, 3.05) is 26.3 Å². The molecule has 0 unspecified atom stereocenters. The van der Waals surface area contributed by atoms with Gasteiger partial charge < -0.3 is 9.47 Å². The minimum Gasteiger partial charge on any atom is -0.466 e. The highest BCUT2D eigenvalue weighted by Crippen LogP contribution is 2.31. The normalized spacial score (nSPS) is 18.9. The fraction of sp³-hybridized carbons (Fsp3) is 0.526. The molecule has 1 aromatic rings. The number of nitrogens with zero attached hydrogens (tertiary/aromatic N) is 2. The van der Waals surface area contributed by atoms with Gasteiger partial charge in [0.25, 0.3) is 6.02 Å². The van der Waals surface area contributed by atoms with Gasteiger partial charge in [0.2, 0.25) is 5.91 Å². The third-order valence-electron chi connectivity index (χ3n) is 4.71. The average Bonchev–Trinajstić information content (AvgIpc) is 3.00. The Hall–Kier alpha value is -2.41. The average molecular weight is 359 g/mol. The third-order valence-corrected chi connectivity index (χ3v) is 4.71. The second-order valence-electron chi connectivity index (χ2n) is 6.72. The van der Waals surface area contributed by atoms with Crippen LogP contribution in [-0.4, -0.2) is 54.6 Å². The lowest BCUT2D eigenvalue weighted by atomic mass is 9.89. The number of amides is 1. The molecule has 2 heterocycles. The van der Waals surface area contributed by atoms with Crippen LogP contribution in [-0.2, 0) is 25.6 Å². The summed E-state index contributed by atoms with van der Waals surface area (Å²) >= 11 is 0. The highest BCUT2D eigenvalue weighted by atomic mass is 16.5. The summed E-state index contributed by atoms with van der Waals surface area (Å²) in [6.45, 7) is 5.24. The summed E-state index contributed by atoms with van der Waals surface area (Å²) in [4.78, 5) is 30.2. The number of ether oxygens (including phenoxy) is 2. The molecule has 1 saturated heterocycles. The van der Waals surface area contributed by atoms with Crippen molar-refractivity contribution in [2.24, 2.45) is 4.99 Å². The Labute approximate surface area is 153 Å². The summed E-state index contributed by atoms with van der Waals surface area (Å²) in [5.74, 6) is -1.01. The molecule has 1 N–H and O–H groups in total. The molecule has 0 aromatic heterocycles. The maximum Gasteiger partial charge on any atom is 0.315 e. The first-order chi connectivity index (χ1) is 12.6. The highest BCUT2D eigenvalue weighted by Gasteiger charge is 2.40. The summed E-state index contributed by atoms with van der Waals surface area (Å²) in [5.41, 5.74) is 1.04. The summed E-state index contributed by atoms with van der Waals surface area (Å²) in [7, 11) is 0. The minimum atomic E-state index is -0.549. The zero-order valence-corrected chi connectivity index (χ0v) is 15.1. The maximum absolute atomic E-state index is 11.8. The lowest BCUT2D eigenvalue weighted by Gasteiger charge is -2.35. The summed E-state index contributed by atoms with van der Waals surface area (Å²) < 4.78 is 10.3. The second kappa shape index (κ2) is 8.31. The van der Waals surface area contributed by atoms with E-state index in [0.29, 0.717) is 6.61 Å². The third kappa shape index (κ3) is 4.82. The largest absolute Gasteiger partial charge is 0.466 e. The summed E-state index contributed by atoms with van der Waals surface area (Å²) in [5, 5.41) is 2.57. The number of benzene rings is 1. The number of carbonyl (C=O) groups is 2. The molecule has 0 radical (unpaired) electrons. The van der Waals surface area contributed by atoms with Gasteiger partial charge in [-0.05, 0) is 25.3 Å². The Balaban J connectivity index is 1.48. The first kappa shape index (κ1) is 18.4. The van der Waals surface area contributed by atoms with Crippen molar-refractivity contribution in [1.82, 2.24) is 10.2 Å². The number of carbonyl (C=O) groups excluding carboxylic acids is 2. The molecule has 1 spiro atoms. The van der Waals surface area contributed by atoms with E-state index in [4.69, 9.17) is 9.47 Å². The highest BCUT2D eigenvalue weighted by molar-refractivity contribution is 6.02. The Morgan fingerprint density at radius 3 is 2.69 bits per heavy atom. The topological polar surface area (TPSA) is 80.2 Å². The van der Waals surface area contributed by atoms with Crippen molar-refractivity contribution in [2.45, 2.75) is 38.3 Å². The van der Waals surface area contributed by atoms with Crippen molar-refractivity contribution in [3.63, 3.8) is 0 Å². The van der Waals surface area contributed by atoms with Gasteiger partial charge in [-0.15, -0.1) is 0 Å². The van der Waals surface area contributed by atoms with E-state index < -0.39 is 11.9 Å². The van der Waals surface area contributed by atoms with Crippen molar-refractivity contribution >= 4 is 17.9 Å². The van der Waals surface area contributed by atoms with Gasteiger partial charge in [0.1, 0.15) is 18.6 Å². The number of likely N-dealkylation sites (tertiary alicyclic amines) is 1. The Kier molecular flexibility index (Phi) is 5.88. The Bertz CT molecular complexity index is 667. The molecule has 7 nitrogen and oxygen atoms in total. The van der Waals surface area contributed by atoms with Gasteiger partial charge in [-0.1, -0.05) is 30.3 Å². The van der Waals surface area contributed by atoms with E-state index in [1.165, 1.54) is 5.56 Å². The molecule has 3 rings (SSSR count). The van der Waals surface area contributed by atoms with Crippen molar-refractivity contribution in [1.29, 1.82) is 0 Å². The van der Waals surface area contributed by atoms with E-state index in [9.17, 15) is 9.59 Å². The van der Waals surface area contributed by atoms with Crippen molar-refractivity contribution < 1.29 is 19.1 Å². The molecule has 0 bridgehead atoms. The fourth-order valence-corrected chi connectivity index (χ4v) is 3.28. The molecule has 2 aliphatic heterocycles. The van der Waals surface area contributed by atoms with Gasteiger partial charge in [-0.3, -0.25) is 19.8 Å². The van der Waals surface area contributed by atoms with Crippen LogP contribution < -0.4 is 5.32 Å². The SMILES string of the molecule is CCOC(=O)CC(=O)NC1=NC2(CCN(Cc3ccccc3)CC2)CO1. The standard InChI is InChI=1S/C19H25N3O4/c1-2-25-17(24)12-16(23)20-18-21-19(14-26-18)8-10-22(11-9-19)13-15-6-4-3-5-7-15/h3-7H,2,8-14H2,1H3,(H,20,21,23).